The van der Waals surface area contributed by atoms with E-state index in [9.17, 15) is 9.59 Å². The van der Waals surface area contributed by atoms with Crippen molar-refractivity contribution in [2.45, 2.75) is 19.9 Å². The predicted molar refractivity (Wildman–Crippen MR) is 132 cm³/mol. The van der Waals surface area contributed by atoms with Gasteiger partial charge in [-0.25, -0.2) is 9.78 Å². The van der Waals surface area contributed by atoms with Crippen LogP contribution in [0.5, 0.6) is 5.75 Å². The Hall–Kier alpha value is -4.17. The zero-order valence-electron chi connectivity index (χ0n) is 18.9. The number of rotatable bonds is 6. The van der Waals surface area contributed by atoms with Gasteiger partial charge in [-0.15, -0.1) is 4.73 Å². The van der Waals surface area contributed by atoms with E-state index in [-0.39, 0.29) is 5.69 Å². The Morgan fingerprint density at radius 3 is 2.53 bits per heavy atom. The van der Waals surface area contributed by atoms with Gasteiger partial charge in [0.05, 0.1) is 12.6 Å². The normalized spacial score (nSPS) is 11.4. The highest BCUT2D eigenvalue weighted by atomic mass is 16.7. The lowest BCUT2D eigenvalue weighted by Crippen LogP contribution is -2.31. The van der Waals surface area contributed by atoms with E-state index < -0.39 is 11.5 Å². The van der Waals surface area contributed by atoms with Gasteiger partial charge in [-0.1, -0.05) is 24.3 Å². The van der Waals surface area contributed by atoms with Crippen molar-refractivity contribution >= 4 is 38.7 Å². The third-order valence-electron chi connectivity index (χ3n) is 5.85. The topological polar surface area (TPSA) is 101 Å². The summed E-state index contributed by atoms with van der Waals surface area (Å²) < 4.78 is 8.52. The standard InChI is InChI=1S/C26H24N4O4/c1-16(31)34-30-24-13-18-7-4-3-6-17(18)12-22(24)28-25(26(30)32)21-15-29(11-5-10-27)23-9-8-19(33-2)14-20(21)23/h3-4,6-9,12-15H,5,10-11,27H2,1-2H3. The summed E-state index contributed by atoms with van der Waals surface area (Å²) in [6, 6.07) is 17.2. The van der Waals surface area contributed by atoms with E-state index >= 15 is 0 Å². The number of aryl methyl sites for hydroxylation is 1. The van der Waals surface area contributed by atoms with Crippen molar-refractivity contribution in [3.63, 3.8) is 0 Å². The molecule has 0 saturated heterocycles. The average Bonchev–Trinajstić information content (AvgIpc) is 3.20. The van der Waals surface area contributed by atoms with E-state index in [4.69, 9.17) is 20.3 Å². The summed E-state index contributed by atoms with van der Waals surface area (Å²) in [5.74, 6) is 0.0678. The Morgan fingerprint density at radius 1 is 1.06 bits per heavy atom. The van der Waals surface area contributed by atoms with Gasteiger partial charge in [-0.05, 0) is 54.1 Å². The van der Waals surface area contributed by atoms with Gasteiger partial charge in [0, 0.05) is 36.1 Å². The van der Waals surface area contributed by atoms with Crippen molar-refractivity contribution < 1.29 is 14.4 Å². The van der Waals surface area contributed by atoms with Gasteiger partial charge in [-0.2, -0.15) is 0 Å². The van der Waals surface area contributed by atoms with Gasteiger partial charge in [-0.3, -0.25) is 4.79 Å². The first kappa shape index (κ1) is 21.7. The van der Waals surface area contributed by atoms with Crippen LogP contribution < -0.4 is 20.9 Å². The molecule has 0 radical (unpaired) electrons. The number of carbonyl (C=O) groups is 1. The minimum atomic E-state index is -0.597. The third-order valence-corrected chi connectivity index (χ3v) is 5.85. The molecule has 5 aromatic rings. The van der Waals surface area contributed by atoms with E-state index in [1.165, 1.54) is 6.92 Å². The summed E-state index contributed by atoms with van der Waals surface area (Å²) in [4.78, 5) is 35.7. The third kappa shape index (κ3) is 3.68. The smallest absolute Gasteiger partial charge is 0.330 e. The number of fused-ring (bicyclic) bond motifs is 3. The van der Waals surface area contributed by atoms with Crippen LogP contribution in [0.3, 0.4) is 0 Å². The summed E-state index contributed by atoms with van der Waals surface area (Å²) in [5.41, 5.74) is 7.94. The second kappa shape index (κ2) is 8.64. The minimum Gasteiger partial charge on any atom is -0.497 e. The van der Waals surface area contributed by atoms with Crippen LogP contribution in [0.2, 0.25) is 0 Å². The fraction of sp³-hybridized carbons (Fsp3) is 0.192. The highest BCUT2D eigenvalue weighted by Crippen LogP contribution is 2.32. The van der Waals surface area contributed by atoms with Crippen LogP contribution in [0.15, 0.2) is 65.6 Å². The Balaban J connectivity index is 1.84. The van der Waals surface area contributed by atoms with Gasteiger partial charge in [0.2, 0.25) is 0 Å². The van der Waals surface area contributed by atoms with Crippen molar-refractivity contribution in [3.05, 3.63) is 71.1 Å². The zero-order valence-corrected chi connectivity index (χ0v) is 18.9. The number of hydrogen-bond acceptors (Lipinski definition) is 6. The lowest BCUT2D eigenvalue weighted by Gasteiger charge is -2.12. The molecule has 0 saturated carbocycles. The maximum atomic E-state index is 13.6. The SMILES string of the molecule is COc1ccc2c(c1)c(-c1nc3cc4ccccc4cc3n(OC(C)=O)c1=O)cn2CCCN. The number of nitrogens with two attached hydrogens (primary N) is 1. The molecule has 8 nitrogen and oxygen atoms in total. The quantitative estimate of drug-likeness (QED) is 0.393. The van der Waals surface area contributed by atoms with E-state index in [2.05, 4.69) is 4.57 Å². The van der Waals surface area contributed by atoms with Crippen molar-refractivity contribution in [3.8, 4) is 17.0 Å². The van der Waals surface area contributed by atoms with Gasteiger partial charge in [0.25, 0.3) is 0 Å². The van der Waals surface area contributed by atoms with Crippen LogP contribution in [0, 0.1) is 0 Å². The largest absolute Gasteiger partial charge is 0.497 e. The van der Waals surface area contributed by atoms with E-state index in [1.54, 1.807) is 13.2 Å². The molecular formula is C26H24N4O4. The maximum Gasteiger partial charge on any atom is 0.330 e. The molecule has 0 amide bonds. The second-order valence-corrected chi connectivity index (χ2v) is 8.09. The summed E-state index contributed by atoms with van der Waals surface area (Å²) in [6.45, 7) is 2.50. The molecule has 0 aliphatic heterocycles. The molecule has 2 aromatic heterocycles. The first-order chi connectivity index (χ1) is 16.5. The Kier molecular flexibility index (Phi) is 5.51. The van der Waals surface area contributed by atoms with Crippen LogP contribution in [-0.2, 0) is 11.3 Å². The fourth-order valence-electron chi connectivity index (χ4n) is 4.28. The molecule has 2 N–H and O–H groups in total. The molecule has 3 aromatic carbocycles. The molecule has 0 atom stereocenters. The van der Waals surface area contributed by atoms with Crippen molar-refractivity contribution in [2.24, 2.45) is 5.73 Å². The van der Waals surface area contributed by atoms with E-state index in [1.807, 2.05) is 54.7 Å². The van der Waals surface area contributed by atoms with Crippen molar-refractivity contribution in [2.75, 3.05) is 13.7 Å². The van der Waals surface area contributed by atoms with Crippen molar-refractivity contribution in [1.82, 2.24) is 14.3 Å². The number of hydrogen-bond donors (Lipinski definition) is 1. The number of methoxy groups -OCH3 is 1. The number of nitrogens with zero attached hydrogens (tertiary/aromatic N) is 3. The van der Waals surface area contributed by atoms with Crippen LogP contribution in [0.25, 0.3) is 44.0 Å². The van der Waals surface area contributed by atoms with Crippen LogP contribution >= 0.6 is 0 Å². The van der Waals surface area contributed by atoms with Crippen LogP contribution in [0.4, 0.5) is 0 Å². The summed E-state index contributed by atoms with van der Waals surface area (Å²) in [7, 11) is 1.60. The molecule has 2 heterocycles. The molecule has 5 rings (SSSR count). The average molecular weight is 457 g/mol. The highest BCUT2D eigenvalue weighted by molar-refractivity contribution is 5.99. The van der Waals surface area contributed by atoms with Gasteiger partial charge in [0.1, 0.15) is 17.0 Å². The number of carbonyl (C=O) groups excluding carboxylic acids is 1. The number of aromatic nitrogens is 3. The minimum absolute atomic E-state index is 0.189. The molecule has 34 heavy (non-hydrogen) atoms. The fourth-order valence-corrected chi connectivity index (χ4v) is 4.28. The molecule has 172 valence electrons. The molecule has 0 unspecified atom stereocenters. The molecule has 0 bridgehead atoms. The van der Waals surface area contributed by atoms with Gasteiger partial charge >= 0.3 is 11.5 Å². The Morgan fingerprint density at radius 2 is 1.82 bits per heavy atom. The number of benzene rings is 3. The molecule has 0 aliphatic rings. The number of ether oxygens (including phenoxy) is 1. The summed E-state index contributed by atoms with van der Waals surface area (Å²) in [5, 5.41) is 2.69. The molecule has 0 spiro atoms. The summed E-state index contributed by atoms with van der Waals surface area (Å²) in [6.07, 6.45) is 2.68. The van der Waals surface area contributed by atoms with E-state index in [0.29, 0.717) is 35.4 Å². The molecule has 0 aliphatic carbocycles. The van der Waals surface area contributed by atoms with Gasteiger partial charge < -0.3 is 19.9 Å². The summed E-state index contributed by atoms with van der Waals surface area (Å²) >= 11 is 0. The Bertz CT molecular complexity index is 1620. The van der Waals surface area contributed by atoms with Crippen LogP contribution in [0.1, 0.15) is 13.3 Å². The molecule has 8 heteroatoms. The maximum absolute atomic E-state index is 13.6. The zero-order chi connectivity index (χ0) is 23.8. The first-order valence-electron chi connectivity index (χ1n) is 11.0. The second-order valence-electron chi connectivity index (χ2n) is 8.09. The molecule has 0 fully saturated rings. The van der Waals surface area contributed by atoms with E-state index in [0.717, 1.165) is 32.8 Å². The first-order valence-corrected chi connectivity index (χ1v) is 11.0. The molecular weight excluding hydrogens is 432 g/mol. The van der Waals surface area contributed by atoms with Crippen LogP contribution in [-0.4, -0.2) is 33.9 Å². The van der Waals surface area contributed by atoms with Gasteiger partial charge in [0.15, 0.2) is 0 Å². The lowest BCUT2D eigenvalue weighted by atomic mass is 10.1. The Labute approximate surface area is 195 Å². The highest BCUT2D eigenvalue weighted by Gasteiger charge is 2.20. The van der Waals surface area contributed by atoms with Crippen molar-refractivity contribution in [1.29, 1.82) is 0 Å². The lowest BCUT2D eigenvalue weighted by molar-refractivity contribution is -0.141. The predicted octanol–water partition coefficient (Wildman–Crippen LogP) is 3.50. The monoisotopic (exact) mass is 456 g/mol.